The lowest BCUT2D eigenvalue weighted by molar-refractivity contribution is -0.142. The molecule has 0 radical (unpaired) electrons. The molecule has 7 nitrogen and oxygen atoms in total. The predicted octanol–water partition coefficient (Wildman–Crippen LogP) is 4.20. The minimum Gasteiger partial charge on any atom is -0.508 e. The third-order valence-electron chi connectivity index (χ3n) is 3.90. The zero-order valence-electron chi connectivity index (χ0n) is 16.9. The second kappa shape index (κ2) is 8.81. The maximum atomic E-state index is 14.6. The number of carbonyl (C=O) groups is 2. The molecule has 0 fully saturated rings. The number of anilines is 1. The predicted molar refractivity (Wildman–Crippen MR) is 105 cm³/mol. The SMILES string of the molecule is COC(=O)[C@H](c1ccc(O)cc1F)N(C(=O)OC(C)(C)C)c1ccc(OC)cc1. The molecule has 0 heterocycles. The molecule has 1 amide bonds. The molecule has 156 valence electrons. The van der Waals surface area contributed by atoms with Gasteiger partial charge in [-0.25, -0.2) is 14.0 Å². The van der Waals surface area contributed by atoms with Crippen molar-refractivity contribution in [2.75, 3.05) is 19.1 Å². The summed E-state index contributed by atoms with van der Waals surface area (Å²) in [6, 6.07) is 8.06. The quantitative estimate of drug-likeness (QED) is 0.751. The molecule has 8 heteroatoms. The van der Waals surface area contributed by atoms with Crippen LogP contribution in [0.4, 0.5) is 14.9 Å². The monoisotopic (exact) mass is 405 g/mol. The number of rotatable bonds is 5. The van der Waals surface area contributed by atoms with Crippen molar-refractivity contribution in [3.8, 4) is 11.5 Å². The second-order valence-electron chi connectivity index (χ2n) is 7.18. The normalized spacial score (nSPS) is 12.1. The van der Waals surface area contributed by atoms with Gasteiger partial charge in [0.05, 0.1) is 14.2 Å². The van der Waals surface area contributed by atoms with E-state index >= 15 is 0 Å². The van der Waals surface area contributed by atoms with E-state index in [0.29, 0.717) is 5.75 Å². The molecule has 2 rings (SSSR count). The molecule has 0 aromatic heterocycles. The average Bonchev–Trinajstić information content (AvgIpc) is 2.65. The first-order chi connectivity index (χ1) is 13.6. The number of nitrogens with zero attached hydrogens (tertiary/aromatic N) is 1. The van der Waals surface area contributed by atoms with Crippen LogP contribution in [0.3, 0.4) is 0 Å². The Morgan fingerprint density at radius 1 is 1.07 bits per heavy atom. The molecule has 1 N–H and O–H groups in total. The number of carbonyl (C=O) groups excluding carboxylic acids is 2. The fourth-order valence-electron chi connectivity index (χ4n) is 2.63. The van der Waals surface area contributed by atoms with E-state index in [1.807, 2.05) is 0 Å². The number of phenols is 1. The van der Waals surface area contributed by atoms with E-state index in [1.54, 1.807) is 32.9 Å². The molecule has 0 aliphatic heterocycles. The molecule has 0 aliphatic carbocycles. The van der Waals surface area contributed by atoms with E-state index in [2.05, 4.69) is 0 Å². The number of hydrogen-bond acceptors (Lipinski definition) is 6. The Balaban J connectivity index is 2.65. The number of halogens is 1. The molecule has 2 aromatic carbocycles. The van der Waals surface area contributed by atoms with E-state index in [9.17, 15) is 19.1 Å². The highest BCUT2D eigenvalue weighted by atomic mass is 19.1. The smallest absolute Gasteiger partial charge is 0.415 e. The summed E-state index contributed by atoms with van der Waals surface area (Å²) in [5.74, 6) is -1.54. The Morgan fingerprint density at radius 2 is 1.69 bits per heavy atom. The fourth-order valence-corrected chi connectivity index (χ4v) is 2.63. The third-order valence-corrected chi connectivity index (χ3v) is 3.90. The molecule has 0 spiro atoms. The average molecular weight is 405 g/mol. The second-order valence-corrected chi connectivity index (χ2v) is 7.18. The summed E-state index contributed by atoms with van der Waals surface area (Å²) in [7, 11) is 2.62. The Morgan fingerprint density at radius 3 is 2.17 bits per heavy atom. The molecule has 0 bridgehead atoms. The highest BCUT2D eigenvalue weighted by Crippen LogP contribution is 2.33. The van der Waals surface area contributed by atoms with Crippen LogP contribution in [0.5, 0.6) is 11.5 Å². The first-order valence-electron chi connectivity index (χ1n) is 8.80. The third kappa shape index (κ3) is 5.37. The van der Waals surface area contributed by atoms with E-state index in [1.165, 1.54) is 31.4 Å². The summed E-state index contributed by atoms with van der Waals surface area (Å²) in [4.78, 5) is 26.7. The van der Waals surface area contributed by atoms with Gasteiger partial charge in [0.1, 0.15) is 22.9 Å². The van der Waals surface area contributed by atoms with Gasteiger partial charge in [0, 0.05) is 17.3 Å². The highest BCUT2D eigenvalue weighted by molar-refractivity contribution is 5.96. The summed E-state index contributed by atoms with van der Waals surface area (Å²) in [5, 5.41) is 9.52. The number of amides is 1. The summed E-state index contributed by atoms with van der Waals surface area (Å²) in [6.07, 6.45) is -0.870. The minimum atomic E-state index is -1.48. The van der Waals surface area contributed by atoms with Crippen LogP contribution in [0.25, 0.3) is 0 Å². The zero-order valence-corrected chi connectivity index (χ0v) is 16.9. The number of aromatic hydroxyl groups is 1. The fraction of sp³-hybridized carbons (Fsp3) is 0.333. The van der Waals surface area contributed by atoms with Gasteiger partial charge in [0.25, 0.3) is 0 Å². The van der Waals surface area contributed by atoms with E-state index in [0.717, 1.165) is 18.1 Å². The van der Waals surface area contributed by atoms with Crippen LogP contribution in [0.2, 0.25) is 0 Å². The van der Waals surface area contributed by atoms with Crippen molar-refractivity contribution >= 4 is 17.7 Å². The van der Waals surface area contributed by atoms with E-state index in [4.69, 9.17) is 14.2 Å². The molecule has 0 saturated heterocycles. The maximum absolute atomic E-state index is 14.6. The van der Waals surface area contributed by atoms with Gasteiger partial charge in [0.2, 0.25) is 0 Å². The topological polar surface area (TPSA) is 85.3 Å². The highest BCUT2D eigenvalue weighted by Gasteiger charge is 2.38. The van der Waals surface area contributed by atoms with Crippen LogP contribution in [0.1, 0.15) is 32.4 Å². The van der Waals surface area contributed by atoms with E-state index < -0.39 is 29.5 Å². The van der Waals surface area contributed by atoms with Crippen molar-refractivity contribution in [1.29, 1.82) is 0 Å². The van der Waals surface area contributed by atoms with Crippen LogP contribution in [0.15, 0.2) is 42.5 Å². The molecule has 0 saturated carbocycles. The maximum Gasteiger partial charge on any atom is 0.415 e. The van der Waals surface area contributed by atoms with Crippen molar-refractivity contribution in [2.24, 2.45) is 0 Å². The van der Waals surface area contributed by atoms with Crippen LogP contribution in [-0.2, 0) is 14.3 Å². The van der Waals surface area contributed by atoms with Gasteiger partial charge >= 0.3 is 12.1 Å². The summed E-state index contributed by atoms with van der Waals surface area (Å²) >= 11 is 0. The molecule has 2 aromatic rings. The van der Waals surface area contributed by atoms with Gasteiger partial charge in [-0.05, 0) is 57.2 Å². The summed E-state index contributed by atoms with van der Waals surface area (Å²) < 4.78 is 30.0. The van der Waals surface area contributed by atoms with Crippen LogP contribution in [0, 0.1) is 5.82 Å². The number of esters is 1. The van der Waals surface area contributed by atoms with Gasteiger partial charge in [-0.2, -0.15) is 0 Å². The van der Waals surface area contributed by atoms with Crippen LogP contribution in [-0.4, -0.2) is 37.0 Å². The largest absolute Gasteiger partial charge is 0.508 e. The number of hydrogen-bond donors (Lipinski definition) is 1. The van der Waals surface area contributed by atoms with Gasteiger partial charge < -0.3 is 19.3 Å². The Labute approximate surface area is 168 Å². The van der Waals surface area contributed by atoms with Gasteiger partial charge in [-0.3, -0.25) is 4.90 Å². The lowest BCUT2D eigenvalue weighted by Crippen LogP contribution is -2.43. The number of phenolic OH excluding ortho intramolecular Hbond substituents is 1. The summed E-state index contributed by atoms with van der Waals surface area (Å²) in [6.45, 7) is 5.02. The molecular weight excluding hydrogens is 381 g/mol. The van der Waals surface area contributed by atoms with E-state index in [-0.39, 0.29) is 17.0 Å². The number of benzene rings is 2. The summed E-state index contributed by atoms with van der Waals surface area (Å²) in [5.41, 5.74) is -0.755. The first kappa shape index (κ1) is 22.0. The Bertz CT molecular complexity index is 876. The minimum absolute atomic E-state index is 0.156. The number of ether oxygens (including phenoxy) is 3. The van der Waals surface area contributed by atoms with Gasteiger partial charge in [-0.1, -0.05) is 0 Å². The Kier molecular flexibility index (Phi) is 6.68. The first-order valence-corrected chi connectivity index (χ1v) is 8.80. The zero-order chi connectivity index (χ0) is 21.8. The van der Waals surface area contributed by atoms with Crippen molar-refractivity contribution in [3.63, 3.8) is 0 Å². The van der Waals surface area contributed by atoms with Crippen molar-refractivity contribution in [3.05, 3.63) is 53.8 Å². The lowest BCUT2D eigenvalue weighted by Gasteiger charge is -2.32. The lowest BCUT2D eigenvalue weighted by atomic mass is 10.0. The standard InChI is InChI=1S/C21H24FNO6/c1-21(2,3)29-20(26)23(13-6-9-15(27-4)10-7-13)18(19(25)28-5)16-11-8-14(24)12-17(16)22/h6-12,18,24H,1-5H3/t18-/m0/s1. The molecule has 1 atom stereocenters. The molecule has 0 unspecified atom stereocenters. The van der Waals surface area contributed by atoms with Crippen molar-refractivity contribution in [2.45, 2.75) is 32.4 Å². The van der Waals surface area contributed by atoms with Gasteiger partial charge in [0.15, 0.2) is 6.04 Å². The molecule has 0 aliphatic rings. The van der Waals surface area contributed by atoms with Gasteiger partial charge in [-0.15, -0.1) is 0 Å². The van der Waals surface area contributed by atoms with Crippen molar-refractivity contribution in [1.82, 2.24) is 0 Å². The molecular formula is C21H24FNO6. The molecule has 29 heavy (non-hydrogen) atoms. The Hall–Kier alpha value is -3.29. The van der Waals surface area contributed by atoms with Crippen molar-refractivity contribution < 1.29 is 33.3 Å². The van der Waals surface area contributed by atoms with Crippen LogP contribution >= 0.6 is 0 Å². The number of methoxy groups -OCH3 is 2. The van der Waals surface area contributed by atoms with Crippen LogP contribution < -0.4 is 9.64 Å².